The van der Waals surface area contributed by atoms with Crippen LogP contribution in [0.15, 0.2) is 34.5 Å². The van der Waals surface area contributed by atoms with Crippen LogP contribution >= 0.6 is 11.8 Å². The lowest BCUT2D eigenvalue weighted by atomic mass is 10.1. The van der Waals surface area contributed by atoms with Gasteiger partial charge in [-0.2, -0.15) is 0 Å². The van der Waals surface area contributed by atoms with E-state index in [2.05, 4.69) is 10.2 Å². The number of anilines is 1. The van der Waals surface area contributed by atoms with Gasteiger partial charge in [0.15, 0.2) is 5.17 Å². The number of amidine groups is 1. The van der Waals surface area contributed by atoms with Crippen LogP contribution in [0.3, 0.4) is 0 Å². The Morgan fingerprint density at radius 2 is 1.90 bits per heavy atom. The normalized spacial score (nSPS) is 18.7. The van der Waals surface area contributed by atoms with Crippen LogP contribution in [0.1, 0.15) is 26.3 Å². The molecule has 2 aliphatic rings. The number of fused-ring (bicyclic) bond motifs is 3. The molecule has 0 N–H and O–H groups in total. The first-order valence-corrected chi connectivity index (χ1v) is 7.86. The summed E-state index contributed by atoms with van der Waals surface area (Å²) in [5.41, 5.74) is 2.78. The van der Waals surface area contributed by atoms with Gasteiger partial charge in [-0.25, -0.2) is 0 Å². The Bertz CT molecular complexity index is 609. The van der Waals surface area contributed by atoms with E-state index in [1.54, 1.807) is 23.6 Å². The van der Waals surface area contributed by atoms with E-state index in [1.807, 2.05) is 57.1 Å². The van der Waals surface area contributed by atoms with E-state index in [9.17, 15) is 4.79 Å². The maximum absolute atomic E-state index is 11.9. The summed E-state index contributed by atoms with van der Waals surface area (Å²) < 4.78 is 0. The standard InChI is InChI=1S/C13H14N4OS.C2H6/c1-8(18)17-10-7-5-4-6-9(10)11-12(17)19-13(15-14-11)16(2)3;1-2/h4-7,12H,1-3H3;1-2H3. The van der Waals surface area contributed by atoms with Crippen molar-refractivity contribution in [3.8, 4) is 0 Å². The topological polar surface area (TPSA) is 48.3 Å². The molecule has 21 heavy (non-hydrogen) atoms. The Morgan fingerprint density at radius 3 is 2.52 bits per heavy atom. The molecule has 0 bridgehead atoms. The summed E-state index contributed by atoms with van der Waals surface area (Å²) >= 11 is 1.55. The quantitative estimate of drug-likeness (QED) is 0.740. The predicted octanol–water partition coefficient (Wildman–Crippen LogP) is 2.77. The molecular formula is C15H20N4OS. The average Bonchev–Trinajstić information content (AvgIpc) is 2.82. The lowest BCUT2D eigenvalue weighted by molar-refractivity contribution is -0.116. The molecule has 1 atom stereocenters. The Labute approximate surface area is 129 Å². The van der Waals surface area contributed by atoms with Crippen LogP contribution in [0.5, 0.6) is 0 Å². The first kappa shape index (κ1) is 15.6. The summed E-state index contributed by atoms with van der Waals surface area (Å²) in [6, 6.07) is 7.83. The van der Waals surface area contributed by atoms with Gasteiger partial charge in [0.05, 0.1) is 5.69 Å². The fourth-order valence-corrected chi connectivity index (χ4v) is 3.40. The van der Waals surface area contributed by atoms with Gasteiger partial charge in [0.1, 0.15) is 11.1 Å². The molecular weight excluding hydrogens is 284 g/mol. The SMILES string of the molecule is CC.CC(=O)N1c2ccccc2C2=NN=C(N(C)C)SC21. The Kier molecular flexibility index (Phi) is 4.67. The molecule has 0 radical (unpaired) electrons. The molecule has 0 saturated carbocycles. The van der Waals surface area contributed by atoms with E-state index >= 15 is 0 Å². The van der Waals surface area contributed by atoms with E-state index in [0.717, 1.165) is 22.1 Å². The van der Waals surface area contributed by atoms with Crippen molar-refractivity contribution in [2.24, 2.45) is 10.2 Å². The fraction of sp³-hybridized carbons (Fsp3) is 0.400. The van der Waals surface area contributed by atoms with Gasteiger partial charge in [-0.3, -0.25) is 9.69 Å². The summed E-state index contributed by atoms with van der Waals surface area (Å²) in [5, 5.41) is 9.24. The molecule has 0 aliphatic carbocycles. The monoisotopic (exact) mass is 304 g/mol. The van der Waals surface area contributed by atoms with Crippen molar-refractivity contribution in [3.05, 3.63) is 29.8 Å². The highest BCUT2D eigenvalue weighted by Gasteiger charge is 2.41. The van der Waals surface area contributed by atoms with Crippen LogP contribution in [-0.4, -0.2) is 41.2 Å². The van der Waals surface area contributed by atoms with Gasteiger partial charge in [-0.1, -0.05) is 43.8 Å². The molecule has 1 aromatic carbocycles. The number of para-hydroxylation sites is 1. The van der Waals surface area contributed by atoms with Crippen molar-refractivity contribution in [3.63, 3.8) is 0 Å². The van der Waals surface area contributed by atoms with Crippen molar-refractivity contribution in [1.29, 1.82) is 0 Å². The second-order valence-electron chi connectivity index (χ2n) is 4.64. The van der Waals surface area contributed by atoms with Crippen LogP contribution in [0.2, 0.25) is 0 Å². The summed E-state index contributed by atoms with van der Waals surface area (Å²) in [7, 11) is 3.85. The van der Waals surface area contributed by atoms with Crippen LogP contribution in [0.4, 0.5) is 5.69 Å². The zero-order valence-corrected chi connectivity index (χ0v) is 13.8. The summed E-state index contributed by atoms with van der Waals surface area (Å²) in [6.45, 7) is 5.58. The van der Waals surface area contributed by atoms with Gasteiger partial charge in [-0.15, -0.1) is 10.2 Å². The van der Waals surface area contributed by atoms with Crippen LogP contribution in [-0.2, 0) is 4.79 Å². The second kappa shape index (κ2) is 6.30. The van der Waals surface area contributed by atoms with Crippen molar-refractivity contribution >= 4 is 34.2 Å². The zero-order chi connectivity index (χ0) is 15.6. The Hall–Kier alpha value is -1.82. The predicted molar refractivity (Wildman–Crippen MR) is 90.0 cm³/mol. The zero-order valence-electron chi connectivity index (χ0n) is 13.0. The number of amides is 1. The van der Waals surface area contributed by atoms with Crippen molar-refractivity contribution in [2.45, 2.75) is 26.1 Å². The Balaban J connectivity index is 0.000000774. The number of rotatable bonds is 0. The molecule has 6 heteroatoms. The molecule has 3 rings (SSSR count). The third-order valence-electron chi connectivity index (χ3n) is 3.09. The van der Waals surface area contributed by atoms with Crippen molar-refractivity contribution in [2.75, 3.05) is 19.0 Å². The van der Waals surface area contributed by atoms with Crippen molar-refractivity contribution < 1.29 is 4.79 Å². The highest BCUT2D eigenvalue weighted by molar-refractivity contribution is 8.15. The van der Waals surface area contributed by atoms with Gasteiger partial charge in [0.25, 0.3) is 0 Å². The third kappa shape index (κ3) is 2.68. The molecule has 0 spiro atoms. The third-order valence-corrected chi connectivity index (χ3v) is 4.41. The largest absolute Gasteiger partial charge is 0.356 e. The number of hydrogen-bond donors (Lipinski definition) is 0. The molecule has 5 nitrogen and oxygen atoms in total. The maximum Gasteiger partial charge on any atom is 0.225 e. The fourth-order valence-electron chi connectivity index (χ4n) is 2.24. The van der Waals surface area contributed by atoms with E-state index in [4.69, 9.17) is 0 Å². The van der Waals surface area contributed by atoms with E-state index in [0.29, 0.717) is 0 Å². The van der Waals surface area contributed by atoms with E-state index < -0.39 is 0 Å². The molecule has 0 fully saturated rings. The molecule has 1 amide bonds. The number of carbonyl (C=O) groups excluding carboxylic acids is 1. The molecule has 2 aliphatic heterocycles. The lowest BCUT2D eigenvalue weighted by Gasteiger charge is -2.27. The van der Waals surface area contributed by atoms with Gasteiger partial charge in [-0.05, 0) is 6.07 Å². The highest BCUT2D eigenvalue weighted by Crippen LogP contribution is 2.39. The number of carbonyl (C=O) groups is 1. The Morgan fingerprint density at radius 1 is 1.24 bits per heavy atom. The minimum Gasteiger partial charge on any atom is -0.356 e. The van der Waals surface area contributed by atoms with Crippen LogP contribution < -0.4 is 4.90 Å². The number of nitrogens with zero attached hydrogens (tertiary/aromatic N) is 4. The molecule has 2 heterocycles. The van der Waals surface area contributed by atoms with E-state index in [-0.39, 0.29) is 11.3 Å². The average molecular weight is 304 g/mol. The smallest absolute Gasteiger partial charge is 0.225 e. The summed E-state index contributed by atoms with van der Waals surface area (Å²) in [4.78, 5) is 15.6. The number of thioether (sulfide) groups is 1. The number of hydrogen-bond acceptors (Lipinski definition) is 5. The second-order valence-corrected chi connectivity index (χ2v) is 5.69. The highest BCUT2D eigenvalue weighted by atomic mass is 32.2. The molecule has 1 aromatic rings. The minimum absolute atomic E-state index is 0.0233. The summed E-state index contributed by atoms with van der Waals surface area (Å²) in [5.74, 6) is 0.0233. The first-order valence-electron chi connectivity index (χ1n) is 6.98. The van der Waals surface area contributed by atoms with Gasteiger partial charge >= 0.3 is 0 Å². The number of benzene rings is 1. The van der Waals surface area contributed by atoms with Gasteiger partial charge in [0, 0.05) is 26.6 Å². The van der Waals surface area contributed by atoms with Crippen LogP contribution in [0.25, 0.3) is 0 Å². The molecule has 112 valence electrons. The van der Waals surface area contributed by atoms with Gasteiger partial charge in [0.2, 0.25) is 5.91 Å². The van der Waals surface area contributed by atoms with Crippen molar-refractivity contribution in [1.82, 2.24) is 4.90 Å². The van der Waals surface area contributed by atoms with Crippen LogP contribution in [0, 0.1) is 0 Å². The lowest BCUT2D eigenvalue weighted by Crippen LogP contribution is -2.40. The maximum atomic E-state index is 11.9. The molecule has 1 unspecified atom stereocenters. The first-order chi connectivity index (χ1) is 10.1. The van der Waals surface area contributed by atoms with E-state index in [1.165, 1.54) is 0 Å². The minimum atomic E-state index is -0.107. The molecule has 0 aromatic heterocycles. The van der Waals surface area contributed by atoms with Gasteiger partial charge < -0.3 is 4.90 Å². The molecule has 0 saturated heterocycles. The summed E-state index contributed by atoms with van der Waals surface area (Å²) in [6.07, 6.45) is 0.